The number of benzene rings is 3. The summed E-state index contributed by atoms with van der Waals surface area (Å²) in [6.45, 7) is 1.77. The Morgan fingerprint density at radius 1 is 0.957 bits per heavy atom. The molecule has 0 aromatic heterocycles. The smallest absolute Gasteiger partial charge is 0.260 e. The Bertz CT molecular complexity index is 1860. The SMILES string of the molecule is COc1ccc([C@@]23C(=O)N(Nc4ccc(Cl)cc4Cl)C(=O)[C@@H]2C[C@@H]2C(=CC[C@@H]4C(=O)N(C)C(=O)[C@@H]42)[C@@H]3c2cccc(C)c2O)cc1. The standard InChI is InChI=1S/C35H31Cl2N3O6/c1-17-5-4-6-23(30(17)41)29-21-12-13-22-28(33(44)39(2)31(22)42)24(21)16-25-32(43)40(38-27-14-9-19(36)15-26(27)37)34(45)35(25,29)18-7-10-20(46-3)11-8-18/h4-12,14-15,22,24-25,28-29,38,41H,13,16H2,1-3H3/t22-,24+,25-,28-,29+,35+/m0/s1. The maximum atomic E-state index is 15.2. The van der Waals surface area contributed by atoms with E-state index in [4.69, 9.17) is 27.9 Å². The van der Waals surface area contributed by atoms with Crippen LogP contribution >= 0.6 is 23.2 Å². The molecular weight excluding hydrogens is 629 g/mol. The zero-order chi connectivity index (χ0) is 32.7. The lowest BCUT2D eigenvalue weighted by molar-refractivity contribution is -0.140. The highest BCUT2D eigenvalue weighted by Crippen LogP contribution is 2.65. The number of carbonyl (C=O) groups is 4. The predicted octanol–water partition coefficient (Wildman–Crippen LogP) is 5.63. The Labute approximate surface area is 275 Å². The van der Waals surface area contributed by atoms with Gasteiger partial charge in [0.25, 0.3) is 11.8 Å². The van der Waals surface area contributed by atoms with Gasteiger partial charge in [0.05, 0.1) is 41.0 Å². The van der Waals surface area contributed by atoms with E-state index >= 15 is 4.79 Å². The average Bonchev–Trinajstić information content (AvgIpc) is 3.40. The lowest BCUT2D eigenvalue weighted by Crippen LogP contribution is -2.53. The molecule has 0 radical (unpaired) electrons. The third-order valence-corrected chi connectivity index (χ3v) is 10.9. The molecular formula is C35H31Cl2N3O6. The van der Waals surface area contributed by atoms with Gasteiger partial charge in [0.2, 0.25) is 11.8 Å². The number of carbonyl (C=O) groups excluding carboxylic acids is 4. The third-order valence-electron chi connectivity index (χ3n) is 10.4. The molecule has 46 heavy (non-hydrogen) atoms. The number of hydrogen-bond acceptors (Lipinski definition) is 7. The Morgan fingerprint density at radius 3 is 2.39 bits per heavy atom. The van der Waals surface area contributed by atoms with Gasteiger partial charge >= 0.3 is 0 Å². The molecule has 0 unspecified atom stereocenters. The summed E-state index contributed by atoms with van der Waals surface area (Å²) in [6, 6.07) is 17.1. The number of methoxy groups -OCH3 is 1. The number of hydrogen-bond donors (Lipinski definition) is 2. The summed E-state index contributed by atoms with van der Waals surface area (Å²) in [4.78, 5) is 57.7. The number of halogens is 2. The molecule has 4 aliphatic rings. The summed E-state index contributed by atoms with van der Waals surface area (Å²) in [5.41, 5.74) is 4.12. The number of fused-ring (bicyclic) bond motifs is 4. The van der Waals surface area contributed by atoms with Crippen LogP contribution in [0.4, 0.5) is 5.69 Å². The number of anilines is 1. The molecule has 3 aromatic rings. The number of phenols is 1. The highest BCUT2D eigenvalue weighted by atomic mass is 35.5. The molecule has 3 fully saturated rings. The van der Waals surface area contributed by atoms with Gasteiger partial charge in [0, 0.05) is 23.6 Å². The van der Waals surface area contributed by atoms with Crippen molar-refractivity contribution < 1.29 is 29.0 Å². The molecule has 236 valence electrons. The van der Waals surface area contributed by atoms with Crippen molar-refractivity contribution in [3.8, 4) is 11.5 Å². The van der Waals surface area contributed by atoms with Gasteiger partial charge in [-0.15, -0.1) is 0 Å². The van der Waals surface area contributed by atoms with Gasteiger partial charge in [-0.1, -0.05) is 65.2 Å². The molecule has 2 heterocycles. The van der Waals surface area contributed by atoms with E-state index in [0.717, 1.165) is 10.6 Å². The molecule has 4 amide bonds. The summed E-state index contributed by atoms with van der Waals surface area (Å²) in [5, 5.41) is 13.2. The molecule has 2 aliphatic heterocycles. The van der Waals surface area contributed by atoms with E-state index in [1.807, 2.05) is 6.08 Å². The Balaban J connectivity index is 1.49. The van der Waals surface area contributed by atoms with E-state index in [-0.39, 0.29) is 29.0 Å². The minimum atomic E-state index is -1.53. The van der Waals surface area contributed by atoms with Gasteiger partial charge in [0.15, 0.2) is 0 Å². The number of aromatic hydroxyl groups is 1. The number of rotatable bonds is 5. The maximum Gasteiger partial charge on any atom is 0.260 e. The molecule has 1 saturated carbocycles. The molecule has 0 bridgehead atoms. The number of phenolic OH excluding ortho intramolecular Hbond substituents is 1. The number of para-hydroxylation sites is 1. The van der Waals surface area contributed by atoms with Crippen LogP contribution in [0.1, 0.15) is 35.4 Å². The van der Waals surface area contributed by atoms with Crippen LogP contribution in [0.5, 0.6) is 11.5 Å². The van der Waals surface area contributed by atoms with E-state index in [0.29, 0.717) is 39.6 Å². The van der Waals surface area contributed by atoms with E-state index in [2.05, 4.69) is 5.43 Å². The van der Waals surface area contributed by atoms with Crippen LogP contribution in [0.15, 0.2) is 72.3 Å². The molecule has 0 spiro atoms. The van der Waals surface area contributed by atoms with Gasteiger partial charge in [-0.3, -0.25) is 29.5 Å². The minimum absolute atomic E-state index is 0.00107. The largest absolute Gasteiger partial charge is 0.507 e. The highest BCUT2D eigenvalue weighted by Gasteiger charge is 2.70. The molecule has 2 saturated heterocycles. The number of imide groups is 2. The van der Waals surface area contributed by atoms with Crippen LogP contribution in [0.3, 0.4) is 0 Å². The third kappa shape index (κ3) is 4.14. The maximum absolute atomic E-state index is 15.2. The molecule has 2 aliphatic carbocycles. The Kier molecular flexibility index (Phi) is 7.17. The quantitative estimate of drug-likeness (QED) is 0.269. The summed E-state index contributed by atoms with van der Waals surface area (Å²) in [5.74, 6) is -4.58. The summed E-state index contributed by atoms with van der Waals surface area (Å²) < 4.78 is 5.42. The fourth-order valence-corrected chi connectivity index (χ4v) is 8.71. The number of allylic oxidation sites excluding steroid dienone is 2. The van der Waals surface area contributed by atoms with Crippen molar-refractivity contribution in [3.05, 3.63) is 99.0 Å². The van der Waals surface area contributed by atoms with Gasteiger partial charge in [-0.05, 0) is 67.1 Å². The second-order valence-electron chi connectivity index (χ2n) is 12.5. The molecule has 9 nitrogen and oxygen atoms in total. The number of likely N-dealkylation sites (tertiary alicyclic amines) is 1. The molecule has 2 N–H and O–H groups in total. The first-order valence-electron chi connectivity index (χ1n) is 15.0. The van der Waals surface area contributed by atoms with E-state index in [9.17, 15) is 19.5 Å². The number of amides is 4. The van der Waals surface area contributed by atoms with Crippen LogP contribution in [0.25, 0.3) is 0 Å². The number of nitrogens with one attached hydrogen (secondary N) is 1. The van der Waals surface area contributed by atoms with Gasteiger partial charge < -0.3 is 9.84 Å². The zero-order valence-corrected chi connectivity index (χ0v) is 26.8. The van der Waals surface area contributed by atoms with Crippen molar-refractivity contribution in [2.75, 3.05) is 19.6 Å². The Hall–Kier alpha value is -4.34. The first-order valence-corrected chi connectivity index (χ1v) is 15.8. The molecule has 7 rings (SSSR count). The van der Waals surface area contributed by atoms with Crippen LogP contribution in [0, 0.1) is 30.6 Å². The minimum Gasteiger partial charge on any atom is -0.507 e. The van der Waals surface area contributed by atoms with Crippen LogP contribution < -0.4 is 10.2 Å². The fraction of sp³-hybridized carbons (Fsp3) is 0.314. The summed E-state index contributed by atoms with van der Waals surface area (Å²) in [6.07, 6.45) is 2.41. The predicted molar refractivity (Wildman–Crippen MR) is 171 cm³/mol. The second kappa shape index (κ2) is 10.9. The lowest BCUT2D eigenvalue weighted by atomic mass is 9.49. The molecule has 3 aromatic carbocycles. The van der Waals surface area contributed by atoms with Crippen molar-refractivity contribution >= 4 is 52.5 Å². The van der Waals surface area contributed by atoms with Crippen LogP contribution in [0.2, 0.25) is 10.0 Å². The monoisotopic (exact) mass is 659 g/mol. The highest BCUT2D eigenvalue weighted by molar-refractivity contribution is 6.36. The van der Waals surface area contributed by atoms with Crippen LogP contribution in [-0.2, 0) is 24.6 Å². The van der Waals surface area contributed by atoms with Crippen molar-refractivity contribution in [1.29, 1.82) is 0 Å². The van der Waals surface area contributed by atoms with E-state index in [1.165, 1.54) is 18.0 Å². The average molecular weight is 661 g/mol. The zero-order valence-electron chi connectivity index (χ0n) is 25.3. The van der Waals surface area contributed by atoms with E-state index < -0.39 is 46.8 Å². The number of ether oxygens (including phenoxy) is 1. The lowest BCUT2D eigenvalue weighted by Gasteiger charge is -2.50. The van der Waals surface area contributed by atoms with Crippen molar-refractivity contribution in [3.63, 3.8) is 0 Å². The topological polar surface area (TPSA) is 116 Å². The number of hydrazine groups is 1. The molecule has 6 atom stereocenters. The van der Waals surface area contributed by atoms with Gasteiger partial charge in [0.1, 0.15) is 11.5 Å². The normalized spacial score (nSPS) is 28.5. The van der Waals surface area contributed by atoms with Crippen molar-refractivity contribution in [1.82, 2.24) is 9.91 Å². The summed E-state index contributed by atoms with van der Waals surface area (Å²) in [7, 11) is 3.03. The Morgan fingerprint density at radius 2 is 1.70 bits per heavy atom. The first-order chi connectivity index (χ1) is 22.0. The van der Waals surface area contributed by atoms with E-state index in [1.54, 1.807) is 68.6 Å². The molecule has 11 heteroatoms. The van der Waals surface area contributed by atoms with Gasteiger partial charge in [-0.25, -0.2) is 0 Å². The first kappa shape index (κ1) is 30.3. The summed E-state index contributed by atoms with van der Waals surface area (Å²) >= 11 is 12.6. The van der Waals surface area contributed by atoms with Crippen molar-refractivity contribution in [2.24, 2.45) is 23.7 Å². The number of nitrogens with zero attached hydrogens (tertiary/aromatic N) is 2. The van der Waals surface area contributed by atoms with Gasteiger partial charge in [-0.2, -0.15) is 5.01 Å². The number of aryl methyl sites for hydroxylation is 1. The fourth-order valence-electron chi connectivity index (χ4n) is 8.26. The van der Waals surface area contributed by atoms with Crippen molar-refractivity contribution in [2.45, 2.75) is 31.1 Å². The van der Waals surface area contributed by atoms with Crippen LogP contribution in [-0.4, -0.2) is 52.8 Å². The second-order valence-corrected chi connectivity index (χ2v) is 13.3.